The van der Waals surface area contributed by atoms with Gasteiger partial charge in [-0.2, -0.15) is 0 Å². The Bertz CT molecular complexity index is 375. The molecule has 1 aromatic heterocycles. The molecule has 0 radical (unpaired) electrons. The van der Waals surface area contributed by atoms with Gasteiger partial charge in [-0.3, -0.25) is 4.79 Å². The van der Waals surface area contributed by atoms with E-state index in [1.54, 1.807) is 6.07 Å². The monoisotopic (exact) mass is 285 g/mol. The molecule has 1 aliphatic rings. The molecule has 0 spiro atoms. The summed E-state index contributed by atoms with van der Waals surface area (Å²) >= 11 is 3.49. The van der Waals surface area contributed by atoms with Gasteiger partial charge in [0.05, 0.1) is 0 Å². The molecule has 2 rings (SSSR count). The van der Waals surface area contributed by atoms with Crippen LogP contribution in [0.15, 0.2) is 16.5 Å². The van der Waals surface area contributed by atoms with Gasteiger partial charge in [-0.25, -0.2) is 0 Å². The van der Waals surface area contributed by atoms with Crippen LogP contribution in [-0.4, -0.2) is 17.3 Å². The standard InChI is InChI=1S/C12H16BrNO2/c1-8-5-6-11(16-8)12(15)14-10-4-2-3-9(10)7-13/h5-6,9-10H,2-4,7H2,1H3,(H,14,15). The van der Waals surface area contributed by atoms with E-state index >= 15 is 0 Å². The molecule has 1 aromatic rings. The first kappa shape index (κ1) is 11.7. The maximum absolute atomic E-state index is 11.9. The number of carbonyl (C=O) groups excluding carboxylic acids is 1. The summed E-state index contributed by atoms with van der Waals surface area (Å²) in [7, 11) is 0. The molecule has 0 bridgehead atoms. The van der Waals surface area contributed by atoms with E-state index in [2.05, 4.69) is 21.2 Å². The highest BCUT2D eigenvalue weighted by Gasteiger charge is 2.28. The number of furan rings is 1. The third-order valence-electron chi connectivity index (χ3n) is 3.14. The summed E-state index contributed by atoms with van der Waals surface area (Å²) in [6, 6.07) is 3.83. The predicted octanol–water partition coefficient (Wildman–Crippen LogP) is 2.88. The Kier molecular flexibility index (Phi) is 3.69. The van der Waals surface area contributed by atoms with E-state index in [4.69, 9.17) is 4.42 Å². The first-order valence-electron chi connectivity index (χ1n) is 5.64. The van der Waals surface area contributed by atoms with E-state index in [0.717, 1.165) is 17.5 Å². The fraction of sp³-hybridized carbons (Fsp3) is 0.583. The van der Waals surface area contributed by atoms with Gasteiger partial charge < -0.3 is 9.73 Å². The van der Waals surface area contributed by atoms with Gasteiger partial charge in [-0.05, 0) is 37.8 Å². The first-order valence-corrected chi connectivity index (χ1v) is 6.76. The van der Waals surface area contributed by atoms with Gasteiger partial charge >= 0.3 is 0 Å². The van der Waals surface area contributed by atoms with E-state index in [0.29, 0.717) is 11.7 Å². The van der Waals surface area contributed by atoms with Crippen LogP contribution in [0.2, 0.25) is 0 Å². The Morgan fingerprint density at radius 1 is 1.56 bits per heavy atom. The smallest absolute Gasteiger partial charge is 0.287 e. The second-order valence-corrected chi connectivity index (χ2v) is 4.98. The molecule has 1 fully saturated rings. The molecule has 1 amide bonds. The topological polar surface area (TPSA) is 42.2 Å². The number of hydrogen-bond acceptors (Lipinski definition) is 2. The van der Waals surface area contributed by atoms with E-state index in [-0.39, 0.29) is 11.9 Å². The molecule has 3 nitrogen and oxygen atoms in total. The highest BCUT2D eigenvalue weighted by Crippen LogP contribution is 2.27. The van der Waals surface area contributed by atoms with Crippen LogP contribution in [0.1, 0.15) is 35.6 Å². The second kappa shape index (κ2) is 5.04. The highest BCUT2D eigenvalue weighted by molar-refractivity contribution is 9.09. The largest absolute Gasteiger partial charge is 0.456 e. The van der Waals surface area contributed by atoms with Crippen LogP contribution in [0.3, 0.4) is 0 Å². The minimum absolute atomic E-state index is 0.0917. The fourth-order valence-corrected chi connectivity index (χ4v) is 2.98. The molecule has 1 N–H and O–H groups in total. The van der Waals surface area contributed by atoms with Crippen LogP contribution in [0.5, 0.6) is 0 Å². The van der Waals surface area contributed by atoms with Crippen molar-refractivity contribution in [3.8, 4) is 0 Å². The molecular formula is C12H16BrNO2. The highest BCUT2D eigenvalue weighted by atomic mass is 79.9. The van der Waals surface area contributed by atoms with E-state index < -0.39 is 0 Å². The fourth-order valence-electron chi connectivity index (χ4n) is 2.21. The van der Waals surface area contributed by atoms with E-state index in [9.17, 15) is 4.79 Å². The van der Waals surface area contributed by atoms with E-state index in [1.165, 1.54) is 12.8 Å². The Labute approximate surface area is 104 Å². The van der Waals surface area contributed by atoms with Crippen molar-refractivity contribution >= 4 is 21.8 Å². The molecule has 1 aliphatic carbocycles. The molecule has 0 aliphatic heterocycles. The van der Waals surface area contributed by atoms with Crippen LogP contribution in [0, 0.1) is 12.8 Å². The number of halogens is 1. The Hall–Kier alpha value is -0.770. The molecule has 2 unspecified atom stereocenters. The molecular weight excluding hydrogens is 270 g/mol. The number of hydrogen-bond donors (Lipinski definition) is 1. The minimum atomic E-state index is -0.0917. The lowest BCUT2D eigenvalue weighted by molar-refractivity contribution is 0.0901. The molecule has 16 heavy (non-hydrogen) atoms. The second-order valence-electron chi connectivity index (χ2n) is 4.34. The molecule has 0 saturated heterocycles. The summed E-state index contributed by atoms with van der Waals surface area (Å²) in [5, 5.41) is 4.00. The van der Waals surface area contributed by atoms with Crippen molar-refractivity contribution in [2.75, 3.05) is 5.33 Å². The van der Waals surface area contributed by atoms with Crippen molar-refractivity contribution in [3.63, 3.8) is 0 Å². The molecule has 0 aromatic carbocycles. The summed E-state index contributed by atoms with van der Waals surface area (Å²) in [6.07, 6.45) is 3.45. The number of nitrogens with one attached hydrogen (secondary N) is 1. The van der Waals surface area contributed by atoms with Crippen molar-refractivity contribution in [1.82, 2.24) is 5.32 Å². The van der Waals surface area contributed by atoms with Gasteiger partial charge in [0, 0.05) is 11.4 Å². The quantitative estimate of drug-likeness (QED) is 0.868. The van der Waals surface area contributed by atoms with Gasteiger partial charge in [0.1, 0.15) is 5.76 Å². The summed E-state index contributed by atoms with van der Waals surface area (Å²) in [4.78, 5) is 11.9. The van der Waals surface area contributed by atoms with Crippen molar-refractivity contribution in [3.05, 3.63) is 23.7 Å². The lowest BCUT2D eigenvalue weighted by atomic mass is 10.1. The third-order valence-corrected chi connectivity index (χ3v) is 3.97. The van der Waals surface area contributed by atoms with Crippen LogP contribution >= 0.6 is 15.9 Å². The van der Waals surface area contributed by atoms with Crippen LogP contribution in [0.4, 0.5) is 0 Å². The lowest BCUT2D eigenvalue weighted by Gasteiger charge is -2.18. The lowest BCUT2D eigenvalue weighted by Crippen LogP contribution is -2.37. The number of aryl methyl sites for hydroxylation is 1. The van der Waals surface area contributed by atoms with Crippen molar-refractivity contribution in [2.45, 2.75) is 32.2 Å². The maximum atomic E-state index is 11.9. The zero-order chi connectivity index (χ0) is 11.5. The minimum Gasteiger partial charge on any atom is -0.456 e. The summed E-state index contributed by atoms with van der Waals surface area (Å²) < 4.78 is 5.30. The van der Waals surface area contributed by atoms with Crippen LogP contribution in [0.25, 0.3) is 0 Å². The average Bonchev–Trinajstić information content (AvgIpc) is 2.86. The summed E-state index contributed by atoms with van der Waals surface area (Å²) in [5.41, 5.74) is 0. The van der Waals surface area contributed by atoms with Crippen LogP contribution in [-0.2, 0) is 0 Å². The average molecular weight is 286 g/mol. The predicted molar refractivity (Wildman–Crippen MR) is 65.8 cm³/mol. The molecule has 88 valence electrons. The summed E-state index contributed by atoms with van der Waals surface area (Å²) in [6.45, 7) is 1.84. The van der Waals surface area contributed by atoms with Crippen molar-refractivity contribution in [2.24, 2.45) is 5.92 Å². The molecule has 4 heteroatoms. The number of rotatable bonds is 3. The zero-order valence-electron chi connectivity index (χ0n) is 9.33. The first-order chi connectivity index (χ1) is 7.70. The van der Waals surface area contributed by atoms with Gasteiger partial charge in [0.25, 0.3) is 5.91 Å². The van der Waals surface area contributed by atoms with Gasteiger partial charge in [-0.15, -0.1) is 0 Å². The maximum Gasteiger partial charge on any atom is 0.287 e. The van der Waals surface area contributed by atoms with Crippen LogP contribution < -0.4 is 5.32 Å². The number of alkyl halides is 1. The Balaban J connectivity index is 1.97. The normalized spacial score (nSPS) is 24.6. The Morgan fingerprint density at radius 2 is 2.38 bits per heavy atom. The third kappa shape index (κ3) is 2.48. The number of carbonyl (C=O) groups is 1. The van der Waals surface area contributed by atoms with Crippen molar-refractivity contribution < 1.29 is 9.21 Å². The summed E-state index contributed by atoms with van der Waals surface area (Å²) in [5.74, 6) is 1.65. The molecule has 2 atom stereocenters. The van der Waals surface area contributed by atoms with Gasteiger partial charge in [0.15, 0.2) is 5.76 Å². The Morgan fingerprint density at radius 3 is 3.00 bits per heavy atom. The van der Waals surface area contributed by atoms with E-state index in [1.807, 2.05) is 13.0 Å². The van der Waals surface area contributed by atoms with Crippen molar-refractivity contribution in [1.29, 1.82) is 0 Å². The SMILES string of the molecule is Cc1ccc(C(=O)NC2CCCC2CBr)o1. The molecule has 1 heterocycles. The number of amides is 1. The zero-order valence-corrected chi connectivity index (χ0v) is 10.9. The van der Waals surface area contributed by atoms with Gasteiger partial charge in [-0.1, -0.05) is 22.4 Å². The van der Waals surface area contributed by atoms with Gasteiger partial charge in [0.2, 0.25) is 0 Å². The molecule has 1 saturated carbocycles.